The molecule has 120 valence electrons. The molecule has 0 spiro atoms. The fourth-order valence-corrected chi connectivity index (χ4v) is 2.22. The van der Waals surface area contributed by atoms with E-state index in [9.17, 15) is 0 Å². The Labute approximate surface area is 143 Å². The van der Waals surface area contributed by atoms with Gasteiger partial charge in [-0.2, -0.15) is 5.10 Å². The topological polar surface area (TPSA) is 39.7 Å². The van der Waals surface area contributed by atoms with Crippen molar-refractivity contribution in [1.82, 2.24) is 5.43 Å². The van der Waals surface area contributed by atoms with Gasteiger partial charge in [-0.1, -0.05) is 24.3 Å². The molecule has 0 aliphatic carbocycles. The lowest BCUT2D eigenvalue weighted by molar-refractivity contribution is 1.05. The summed E-state index contributed by atoms with van der Waals surface area (Å²) in [6.45, 7) is 4.14. The minimum Gasteiger partial charge on any atom is -0.378 e. The molecule has 0 unspecified atom stereocenters. The largest absolute Gasteiger partial charge is 0.378 e. The van der Waals surface area contributed by atoms with Gasteiger partial charge in [-0.15, -0.1) is 0 Å². The molecular formula is C18H22N4S. The molecule has 0 fully saturated rings. The number of anilines is 2. The maximum atomic E-state index is 5.27. The van der Waals surface area contributed by atoms with Crippen LogP contribution in [0.5, 0.6) is 0 Å². The lowest BCUT2D eigenvalue weighted by Gasteiger charge is -2.12. The molecule has 0 heterocycles. The number of rotatable bonds is 4. The molecule has 5 heteroatoms. The Bertz CT molecular complexity index is 705. The van der Waals surface area contributed by atoms with Crippen LogP contribution >= 0.6 is 12.2 Å². The number of hydrogen-bond acceptors (Lipinski definition) is 3. The maximum absolute atomic E-state index is 5.27. The van der Waals surface area contributed by atoms with Crippen LogP contribution in [0, 0.1) is 13.8 Å². The highest BCUT2D eigenvalue weighted by atomic mass is 32.1. The van der Waals surface area contributed by atoms with Gasteiger partial charge in [0.15, 0.2) is 5.11 Å². The average Bonchev–Trinajstić information content (AvgIpc) is 2.52. The van der Waals surface area contributed by atoms with Crippen molar-refractivity contribution in [3.8, 4) is 0 Å². The Kier molecular flexibility index (Phi) is 5.71. The van der Waals surface area contributed by atoms with E-state index >= 15 is 0 Å². The second-order valence-electron chi connectivity index (χ2n) is 5.56. The molecule has 4 nitrogen and oxygen atoms in total. The first kappa shape index (κ1) is 17.0. The number of hydrogen-bond donors (Lipinski definition) is 2. The van der Waals surface area contributed by atoms with Crippen LogP contribution in [-0.2, 0) is 0 Å². The summed E-state index contributed by atoms with van der Waals surface area (Å²) >= 11 is 5.27. The molecule has 0 aliphatic heterocycles. The molecular weight excluding hydrogens is 304 g/mol. The zero-order valence-corrected chi connectivity index (χ0v) is 14.7. The van der Waals surface area contributed by atoms with Crippen molar-refractivity contribution < 1.29 is 0 Å². The van der Waals surface area contributed by atoms with Gasteiger partial charge in [0.25, 0.3) is 0 Å². The van der Waals surface area contributed by atoms with E-state index in [0.717, 1.165) is 16.9 Å². The summed E-state index contributed by atoms with van der Waals surface area (Å²) in [4.78, 5) is 2.06. The van der Waals surface area contributed by atoms with Crippen LogP contribution in [0.1, 0.15) is 16.7 Å². The van der Waals surface area contributed by atoms with Gasteiger partial charge in [0.2, 0.25) is 0 Å². The fourth-order valence-electron chi connectivity index (χ4n) is 2.06. The Hall–Kier alpha value is -2.40. The summed E-state index contributed by atoms with van der Waals surface area (Å²) in [6, 6.07) is 14.2. The Balaban J connectivity index is 1.92. The van der Waals surface area contributed by atoms with Crippen LogP contribution in [0.15, 0.2) is 47.6 Å². The smallest absolute Gasteiger partial charge is 0.191 e. The van der Waals surface area contributed by atoms with Gasteiger partial charge >= 0.3 is 0 Å². The second-order valence-corrected chi connectivity index (χ2v) is 5.97. The standard InChI is InChI=1S/C18H22N4S/c1-13-6-5-7-17(14(13)2)20-18(23)21-19-12-15-8-10-16(11-9-15)22(3)4/h5-12H,1-4H3,(H2,20,21,23). The third-order valence-electron chi connectivity index (χ3n) is 3.64. The van der Waals surface area contributed by atoms with Gasteiger partial charge in [-0.05, 0) is 61.0 Å². The molecule has 0 radical (unpaired) electrons. The summed E-state index contributed by atoms with van der Waals surface area (Å²) in [5.74, 6) is 0. The average molecular weight is 326 g/mol. The first-order valence-corrected chi connectivity index (χ1v) is 7.82. The molecule has 2 aromatic rings. The van der Waals surface area contributed by atoms with Gasteiger partial charge in [0.1, 0.15) is 0 Å². The molecule has 0 aromatic heterocycles. The number of nitrogens with zero attached hydrogens (tertiary/aromatic N) is 2. The van der Waals surface area contributed by atoms with Crippen LogP contribution in [0.2, 0.25) is 0 Å². The molecule has 2 aromatic carbocycles. The quantitative estimate of drug-likeness (QED) is 0.511. The summed E-state index contributed by atoms with van der Waals surface area (Å²) < 4.78 is 0. The number of thiocarbonyl (C=S) groups is 1. The summed E-state index contributed by atoms with van der Waals surface area (Å²) in [6.07, 6.45) is 1.75. The van der Waals surface area contributed by atoms with Crippen LogP contribution in [-0.4, -0.2) is 25.4 Å². The van der Waals surface area contributed by atoms with Gasteiger partial charge in [-0.25, -0.2) is 0 Å². The van der Waals surface area contributed by atoms with Crippen molar-refractivity contribution >= 4 is 34.9 Å². The van der Waals surface area contributed by atoms with E-state index in [2.05, 4.69) is 40.7 Å². The third-order valence-corrected chi connectivity index (χ3v) is 3.84. The molecule has 0 amide bonds. The lowest BCUT2D eigenvalue weighted by Crippen LogP contribution is -2.24. The lowest BCUT2D eigenvalue weighted by atomic mass is 10.1. The van der Waals surface area contributed by atoms with Gasteiger partial charge in [0, 0.05) is 25.5 Å². The summed E-state index contributed by atoms with van der Waals surface area (Å²) in [7, 11) is 4.03. The van der Waals surface area contributed by atoms with Crippen molar-refractivity contribution in [2.75, 3.05) is 24.3 Å². The fraction of sp³-hybridized carbons (Fsp3) is 0.222. The summed E-state index contributed by atoms with van der Waals surface area (Å²) in [5.41, 5.74) is 8.41. The Morgan fingerprint density at radius 2 is 1.78 bits per heavy atom. The minimum atomic E-state index is 0.472. The predicted molar refractivity (Wildman–Crippen MR) is 104 cm³/mol. The molecule has 23 heavy (non-hydrogen) atoms. The van der Waals surface area contributed by atoms with E-state index < -0.39 is 0 Å². The van der Waals surface area contributed by atoms with E-state index in [1.165, 1.54) is 11.1 Å². The third kappa shape index (κ3) is 4.79. The molecule has 0 saturated heterocycles. The van der Waals surface area contributed by atoms with E-state index in [-0.39, 0.29) is 0 Å². The molecule has 0 bridgehead atoms. The van der Waals surface area contributed by atoms with Crippen LogP contribution < -0.4 is 15.6 Å². The number of benzene rings is 2. The van der Waals surface area contributed by atoms with Gasteiger partial charge in [-0.3, -0.25) is 5.43 Å². The highest BCUT2D eigenvalue weighted by Crippen LogP contribution is 2.17. The van der Waals surface area contributed by atoms with Crippen LogP contribution in [0.4, 0.5) is 11.4 Å². The Morgan fingerprint density at radius 3 is 2.43 bits per heavy atom. The zero-order valence-electron chi connectivity index (χ0n) is 13.9. The minimum absolute atomic E-state index is 0.472. The SMILES string of the molecule is Cc1cccc(NC(=S)NN=Cc2ccc(N(C)C)cc2)c1C. The predicted octanol–water partition coefficient (Wildman–Crippen LogP) is 3.69. The van der Waals surface area contributed by atoms with Crippen molar-refractivity contribution in [2.45, 2.75) is 13.8 Å². The van der Waals surface area contributed by atoms with Crippen molar-refractivity contribution in [3.63, 3.8) is 0 Å². The van der Waals surface area contributed by atoms with E-state index in [4.69, 9.17) is 12.2 Å². The Morgan fingerprint density at radius 1 is 1.09 bits per heavy atom. The van der Waals surface area contributed by atoms with Crippen molar-refractivity contribution in [2.24, 2.45) is 5.10 Å². The highest BCUT2D eigenvalue weighted by molar-refractivity contribution is 7.80. The van der Waals surface area contributed by atoms with Crippen molar-refractivity contribution in [3.05, 3.63) is 59.2 Å². The molecule has 0 atom stereocenters. The van der Waals surface area contributed by atoms with Gasteiger partial charge in [0.05, 0.1) is 6.21 Å². The van der Waals surface area contributed by atoms with Gasteiger partial charge < -0.3 is 10.2 Å². The van der Waals surface area contributed by atoms with E-state index in [1.54, 1.807) is 6.21 Å². The highest BCUT2D eigenvalue weighted by Gasteiger charge is 2.02. The normalized spacial score (nSPS) is 10.6. The van der Waals surface area contributed by atoms with E-state index in [1.807, 2.05) is 50.5 Å². The molecule has 2 N–H and O–H groups in total. The molecule has 0 aliphatic rings. The van der Waals surface area contributed by atoms with Crippen LogP contribution in [0.3, 0.4) is 0 Å². The maximum Gasteiger partial charge on any atom is 0.191 e. The number of hydrazone groups is 1. The zero-order chi connectivity index (χ0) is 16.8. The molecule has 0 saturated carbocycles. The second kappa shape index (κ2) is 7.74. The number of aryl methyl sites for hydroxylation is 1. The van der Waals surface area contributed by atoms with Crippen LogP contribution in [0.25, 0.3) is 0 Å². The van der Waals surface area contributed by atoms with Crippen molar-refractivity contribution in [1.29, 1.82) is 0 Å². The van der Waals surface area contributed by atoms with E-state index in [0.29, 0.717) is 5.11 Å². The monoisotopic (exact) mass is 326 g/mol. The first-order chi connectivity index (χ1) is 11.0. The first-order valence-electron chi connectivity index (χ1n) is 7.41. The number of nitrogens with one attached hydrogen (secondary N) is 2. The molecule has 2 rings (SSSR count). The summed E-state index contributed by atoms with van der Waals surface area (Å²) in [5, 5.41) is 7.81.